The first kappa shape index (κ1) is 12.0. The van der Waals surface area contributed by atoms with Crippen molar-refractivity contribution in [3.05, 3.63) is 34.1 Å². The maximum atomic E-state index is 8.77. The van der Waals surface area contributed by atoms with E-state index in [0.717, 1.165) is 4.88 Å². The summed E-state index contributed by atoms with van der Waals surface area (Å²) >= 11 is 7.28. The van der Waals surface area contributed by atoms with Crippen LogP contribution in [0.4, 0.5) is 0 Å². The number of ether oxygens (including phenoxy) is 1. The summed E-state index contributed by atoms with van der Waals surface area (Å²) in [6.45, 7) is 0.310. The Morgan fingerprint density at radius 2 is 2.29 bits per heavy atom. The van der Waals surface area contributed by atoms with Crippen LogP contribution in [0.15, 0.2) is 18.2 Å². The first-order valence-electron chi connectivity index (χ1n) is 4.75. The number of methoxy groups -OCH3 is 1. The Labute approximate surface area is 107 Å². The summed E-state index contributed by atoms with van der Waals surface area (Å²) in [5.41, 5.74) is 0.712. The molecule has 0 fully saturated rings. The third-order valence-corrected chi connectivity index (χ3v) is 3.19. The van der Waals surface area contributed by atoms with E-state index in [4.69, 9.17) is 21.6 Å². The predicted octanol–water partition coefficient (Wildman–Crippen LogP) is 2.88. The van der Waals surface area contributed by atoms with Gasteiger partial charge in [0.2, 0.25) is 0 Å². The van der Waals surface area contributed by atoms with Crippen LogP contribution in [0.5, 0.6) is 0 Å². The van der Waals surface area contributed by atoms with Crippen molar-refractivity contribution >= 4 is 22.9 Å². The van der Waals surface area contributed by atoms with E-state index >= 15 is 0 Å². The number of hydrogen-bond acceptors (Lipinski definition) is 5. The molecule has 4 nitrogen and oxygen atoms in total. The minimum atomic E-state index is 0.310. The first-order valence-corrected chi connectivity index (χ1v) is 5.95. The van der Waals surface area contributed by atoms with E-state index in [1.54, 1.807) is 19.2 Å². The first-order chi connectivity index (χ1) is 8.22. The number of halogens is 1. The number of thiophene rings is 1. The second-order valence-electron chi connectivity index (χ2n) is 3.20. The molecule has 0 saturated carbocycles. The van der Waals surface area contributed by atoms with Crippen molar-refractivity contribution in [1.82, 2.24) is 9.97 Å². The van der Waals surface area contributed by atoms with E-state index in [1.807, 2.05) is 6.07 Å². The summed E-state index contributed by atoms with van der Waals surface area (Å²) in [5, 5.41) is 9.14. The second kappa shape index (κ2) is 5.23. The van der Waals surface area contributed by atoms with Gasteiger partial charge in [0.1, 0.15) is 22.7 Å². The molecule has 2 aromatic rings. The summed E-state index contributed by atoms with van der Waals surface area (Å²) in [6.07, 6.45) is 0. The third-order valence-electron chi connectivity index (χ3n) is 1.98. The zero-order valence-corrected chi connectivity index (χ0v) is 10.5. The molecule has 0 N–H and O–H groups in total. The van der Waals surface area contributed by atoms with Crippen molar-refractivity contribution < 1.29 is 4.74 Å². The van der Waals surface area contributed by atoms with Crippen LogP contribution in [0.1, 0.15) is 10.7 Å². The number of nitrogens with zero attached hydrogens (tertiary/aromatic N) is 3. The van der Waals surface area contributed by atoms with Crippen molar-refractivity contribution in [2.24, 2.45) is 0 Å². The second-order valence-corrected chi connectivity index (χ2v) is 4.67. The zero-order valence-electron chi connectivity index (χ0n) is 8.98. The van der Waals surface area contributed by atoms with Gasteiger partial charge < -0.3 is 4.74 Å². The van der Waals surface area contributed by atoms with Crippen LogP contribution in [0.2, 0.25) is 5.15 Å². The third kappa shape index (κ3) is 2.80. The molecule has 17 heavy (non-hydrogen) atoms. The molecule has 0 aliphatic heterocycles. The molecule has 2 aromatic heterocycles. The quantitative estimate of drug-likeness (QED) is 0.801. The molecule has 0 saturated heterocycles. The van der Waals surface area contributed by atoms with Gasteiger partial charge in [-0.25, -0.2) is 9.97 Å². The van der Waals surface area contributed by atoms with Crippen LogP contribution < -0.4 is 0 Å². The fourth-order valence-electron chi connectivity index (χ4n) is 1.32. The number of rotatable bonds is 3. The standard InChI is InChI=1S/C11H8ClN3OS/c1-16-6-11-14-8(4-10(12)15-11)9-3-2-7(5-13)17-9/h2-4H,6H2,1H3. The summed E-state index contributed by atoms with van der Waals surface area (Å²) < 4.78 is 4.97. The van der Waals surface area contributed by atoms with Gasteiger partial charge in [-0.2, -0.15) is 5.26 Å². The minimum absolute atomic E-state index is 0.310. The van der Waals surface area contributed by atoms with Gasteiger partial charge in [0.15, 0.2) is 5.82 Å². The molecule has 0 aliphatic carbocycles. The summed E-state index contributed by atoms with van der Waals surface area (Å²) in [7, 11) is 1.57. The average molecular weight is 266 g/mol. The molecule has 0 bridgehead atoms. The highest BCUT2D eigenvalue weighted by molar-refractivity contribution is 7.15. The van der Waals surface area contributed by atoms with Gasteiger partial charge in [0, 0.05) is 13.2 Å². The molecule has 0 unspecified atom stereocenters. The van der Waals surface area contributed by atoms with Gasteiger partial charge in [-0.3, -0.25) is 0 Å². The molecule has 6 heteroatoms. The van der Waals surface area contributed by atoms with E-state index in [-0.39, 0.29) is 0 Å². The molecular weight excluding hydrogens is 258 g/mol. The van der Waals surface area contributed by atoms with Crippen LogP contribution in [0.3, 0.4) is 0 Å². The lowest BCUT2D eigenvalue weighted by molar-refractivity contribution is 0.178. The van der Waals surface area contributed by atoms with E-state index in [1.165, 1.54) is 11.3 Å². The highest BCUT2D eigenvalue weighted by atomic mass is 35.5. The van der Waals surface area contributed by atoms with E-state index in [9.17, 15) is 0 Å². The molecule has 0 radical (unpaired) electrons. The maximum absolute atomic E-state index is 8.77. The number of aromatic nitrogens is 2. The highest BCUT2D eigenvalue weighted by Crippen LogP contribution is 2.27. The maximum Gasteiger partial charge on any atom is 0.156 e. The summed E-state index contributed by atoms with van der Waals surface area (Å²) in [6, 6.07) is 7.36. The van der Waals surface area contributed by atoms with Gasteiger partial charge in [-0.05, 0) is 12.1 Å². The molecule has 2 heterocycles. The minimum Gasteiger partial charge on any atom is -0.377 e. The van der Waals surface area contributed by atoms with Gasteiger partial charge in [0.05, 0.1) is 10.6 Å². The Morgan fingerprint density at radius 3 is 2.94 bits per heavy atom. The van der Waals surface area contributed by atoms with Gasteiger partial charge in [-0.15, -0.1) is 11.3 Å². The predicted molar refractivity (Wildman–Crippen MR) is 65.8 cm³/mol. The van der Waals surface area contributed by atoms with Gasteiger partial charge in [0.25, 0.3) is 0 Å². The fourth-order valence-corrected chi connectivity index (χ4v) is 2.28. The van der Waals surface area contributed by atoms with Crippen molar-refractivity contribution in [3.8, 4) is 16.6 Å². The molecule has 0 amide bonds. The normalized spacial score (nSPS) is 10.2. The lowest BCUT2D eigenvalue weighted by Gasteiger charge is -2.02. The van der Waals surface area contributed by atoms with Crippen molar-refractivity contribution in [1.29, 1.82) is 5.26 Å². The summed E-state index contributed by atoms with van der Waals surface area (Å²) in [4.78, 5) is 9.90. The Morgan fingerprint density at radius 1 is 1.47 bits per heavy atom. The Balaban J connectivity index is 2.41. The van der Waals surface area contributed by atoms with Gasteiger partial charge >= 0.3 is 0 Å². The molecule has 2 rings (SSSR count). The van der Waals surface area contributed by atoms with Crippen LogP contribution >= 0.6 is 22.9 Å². The number of nitriles is 1. The molecule has 0 spiro atoms. The van der Waals surface area contributed by atoms with Crippen LogP contribution in [-0.4, -0.2) is 17.1 Å². The smallest absolute Gasteiger partial charge is 0.156 e. The zero-order chi connectivity index (χ0) is 12.3. The van der Waals surface area contributed by atoms with Gasteiger partial charge in [-0.1, -0.05) is 11.6 Å². The fraction of sp³-hybridized carbons (Fsp3) is 0.182. The Kier molecular flexibility index (Phi) is 3.69. The molecule has 0 aliphatic rings. The van der Waals surface area contributed by atoms with Crippen LogP contribution in [0, 0.1) is 11.3 Å². The van der Waals surface area contributed by atoms with Crippen LogP contribution in [-0.2, 0) is 11.3 Å². The largest absolute Gasteiger partial charge is 0.377 e. The highest BCUT2D eigenvalue weighted by Gasteiger charge is 2.08. The van der Waals surface area contributed by atoms with E-state index < -0.39 is 0 Å². The van der Waals surface area contributed by atoms with Crippen molar-refractivity contribution in [2.75, 3.05) is 7.11 Å². The monoisotopic (exact) mass is 265 g/mol. The topological polar surface area (TPSA) is 58.8 Å². The van der Waals surface area contributed by atoms with Crippen molar-refractivity contribution in [3.63, 3.8) is 0 Å². The Bertz CT molecular complexity index is 576. The van der Waals surface area contributed by atoms with E-state index in [2.05, 4.69) is 16.0 Å². The Hall–Kier alpha value is -1.48. The molecule has 86 valence electrons. The average Bonchev–Trinajstić information content (AvgIpc) is 2.77. The van der Waals surface area contributed by atoms with Crippen LogP contribution in [0.25, 0.3) is 10.6 Å². The van der Waals surface area contributed by atoms with E-state index in [0.29, 0.717) is 28.2 Å². The summed E-state index contributed by atoms with van der Waals surface area (Å²) in [5.74, 6) is 0.530. The lowest BCUT2D eigenvalue weighted by Crippen LogP contribution is -1.98. The molecular formula is C11H8ClN3OS. The molecule has 0 aromatic carbocycles. The SMILES string of the molecule is COCc1nc(Cl)cc(-c2ccc(C#N)s2)n1. The van der Waals surface area contributed by atoms with Crippen molar-refractivity contribution in [2.45, 2.75) is 6.61 Å². The number of hydrogen-bond donors (Lipinski definition) is 0. The lowest BCUT2D eigenvalue weighted by atomic mass is 10.3. The molecule has 0 atom stereocenters.